The molecule has 0 bridgehead atoms. The number of benzene rings is 6. The van der Waals surface area contributed by atoms with Gasteiger partial charge in [-0.05, 0) is 121 Å². The number of aryl methyl sites for hydroxylation is 5. The quantitative estimate of drug-likeness (QED) is 0.0363. The number of fused-ring (bicyclic) bond motifs is 6. The molecule has 3 aliphatic rings. The van der Waals surface area contributed by atoms with Crippen molar-refractivity contribution in [1.29, 1.82) is 0 Å². The minimum atomic E-state index is -0.224. The Kier molecular flexibility index (Phi) is 21.2. The fourth-order valence-corrected chi connectivity index (χ4v) is 14.2. The summed E-state index contributed by atoms with van der Waals surface area (Å²) >= 11 is 6.44. The zero-order valence-corrected chi connectivity index (χ0v) is 64.3. The fraction of sp³-hybridized carbons (Fsp3) is 0.268. The van der Waals surface area contributed by atoms with Crippen molar-refractivity contribution in [2.24, 2.45) is 0 Å². The summed E-state index contributed by atoms with van der Waals surface area (Å²) in [6.07, 6.45) is 8.52. The normalized spacial score (nSPS) is 14.9. The molecule has 3 aliphatic heterocycles. The third kappa shape index (κ3) is 15.6. The maximum absolute atomic E-state index is 12.1. The molecule has 31 nitrogen and oxygen atoms in total. The van der Waals surface area contributed by atoms with Crippen molar-refractivity contribution in [3.63, 3.8) is 0 Å². The number of nitrogens with zero attached hydrogens (tertiary/aromatic N) is 9. The van der Waals surface area contributed by atoms with Crippen LogP contribution in [0.4, 0.5) is 34.9 Å². The third-order valence-corrected chi connectivity index (χ3v) is 20.0. The molecule has 15 aromatic rings. The lowest BCUT2D eigenvalue weighted by atomic mass is 10.00. The lowest BCUT2D eigenvalue weighted by molar-refractivity contribution is 0.0244. The summed E-state index contributed by atoms with van der Waals surface area (Å²) in [5.41, 5.74) is 17.3. The number of carbonyl (C=O) groups excluding carboxylic acids is 3. The van der Waals surface area contributed by atoms with E-state index in [9.17, 15) is 14.4 Å². The molecule has 582 valence electrons. The Morgan fingerprint density at radius 1 is 0.439 bits per heavy atom. The second-order valence-corrected chi connectivity index (χ2v) is 27.8. The second-order valence-electron chi connectivity index (χ2n) is 27.4. The topological polar surface area (TPSA) is 391 Å². The van der Waals surface area contributed by atoms with Gasteiger partial charge in [-0.1, -0.05) is 29.8 Å². The molecule has 9 aromatic heterocycles. The highest BCUT2D eigenvalue weighted by Gasteiger charge is 2.29. The van der Waals surface area contributed by atoms with Crippen LogP contribution in [0.2, 0.25) is 5.02 Å². The molecule has 3 saturated heterocycles. The van der Waals surface area contributed by atoms with Crippen LogP contribution in [0.15, 0.2) is 135 Å². The van der Waals surface area contributed by atoms with Crippen molar-refractivity contribution in [1.82, 2.24) is 75.8 Å². The molecule has 3 amide bonds. The summed E-state index contributed by atoms with van der Waals surface area (Å²) < 4.78 is 58.7. The Labute approximate surface area is 655 Å². The van der Waals surface area contributed by atoms with Gasteiger partial charge >= 0.3 is 0 Å². The van der Waals surface area contributed by atoms with Crippen molar-refractivity contribution in [2.75, 3.05) is 83.8 Å². The standard InChI is InChI=1S/C29H30N6O5.C27H26N6O4.C26H23ClN6O4/c1-15-19(6-8-22-25(15)39-16(2)32-22)20-14-31-26-24(20)28(40-18-9-11-38-12-10-18)35-29(34-26)33-21-7-5-17(27(36)30-3)13-23(21)37-4;1-14-10-17(25(34)28-3)5-6-20(14)31-27-32-24-23(26(33-27)37-18-8-9-35-13-18)19(12-29-24)16-4-7-21-22(11-16)36-15(2)30-21;1-13-30-20-6-3-14(10-21(20)36-13)17-11-29-23-22(17)25(37-16-7-8-35-12-16)33-26(32-23)31-19-5-4-15(9-18(19)27)24(34)28-2/h5-8,13-14,18H,9-12H2,1-4H3,(H,30,36)(H2,31,33,34,35);4-7,10-12,18H,8-9,13H2,1-3H3,(H,28,34)(H2,29,31,32,33);3-6,9-11,16H,7-8,12H2,1-2H3,(H,28,34)(H2,29,31,32,33)/t;18-;16-/m.00/s1. The number of hydrogen-bond donors (Lipinski definition) is 9. The molecule has 18 rings (SSSR count). The van der Waals surface area contributed by atoms with Gasteiger partial charge in [-0.3, -0.25) is 14.4 Å². The summed E-state index contributed by atoms with van der Waals surface area (Å²) in [6.45, 7) is 13.0. The molecule has 0 radical (unpaired) electrons. The van der Waals surface area contributed by atoms with Crippen LogP contribution in [-0.2, 0) is 14.2 Å². The number of hydrogen-bond acceptors (Lipinski definition) is 25. The van der Waals surface area contributed by atoms with Crippen molar-refractivity contribution in [3.05, 3.63) is 172 Å². The molecule has 3 fully saturated rings. The zero-order chi connectivity index (χ0) is 78.8. The van der Waals surface area contributed by atoms with Crippen LogP contribution in [0.3, 0.4) is 0 Å². The van der Waals surface area contributed by atoms with Crippen LogP contribution >= 0.6 is 11.6 Å². The molecule has 0 spiro atoms. The van der Waals surface area contributed by atoms with Crippen LogP contribution in [0.1, 0.15) is 85.6 Å². The number of halogens is 1. The highest BCUT2D eigenvalue weighted by molar-refractivity contribution is 6.33. The monoisotopic (exact) mass is 1560 g/mol. The molecule has 0 aliphatic carbocycles. The minimum absolute atomic E-state index is 0.0377. The predicted molar refractivity (Wildman–Crippen MR) is 429 cm³/mol. The van der Waals surface area contributed by atoms with Gasteiger partial charge < -0.3 is 93.3 Å². The van der Waals surface area contributed by atoms with Gasteiger partial charge in [-0.2, -0.15) is 29.9 Å². The van der Waals surface area contributed by atoms with Crippen LogP contribution < -0.4 is 50.8 Å². The van der Waals surface area contributed by atoms with Gasteiger partial charge in [0, 0.05) is 131 Å². The van der Waals surface area contributed by atoms with E-state index in [0.29, 0.717) is 160 Å². The van der Waals surface area contributed by atoms with E-state index < -0.39 is 0 Å². The van der Waals surface area contributed by atoms with Gasteiger partial charge in [0.1, 0.15) is 57.6 Å². The van der Waals surface area contributed by atoms with Gasteiger partial charge in [0.15, 0.2) is 34.4 Å². The molecule has 12 heterocycles. The maximum Gasteiger partial charge on any atom is 0.251 e. The SMILES string of the molecule is CNC(=O)c1ccc(Nc2nc(OC3CCOCC3)c3c(-c4ccc5nc(C)oc5c4C)c[nH]c3n2)c(OC)c1.CNC(=O)c1ccc(Nc2nc(O[C@H]3CCOC3)c3c(-c4ccc5nc(C)oc5c4)c[nH]c3n2)c(C)c1.CNC(=O)c1ccc(Nc2nc(O[C@H]3CCOC3)c3c(-c4ccc5nc(C)oc5c4)c[nH]c3n2)c(Cl)c1. The Bertz CT molecular complexity index is 5920. The predicted octanol–water partition coefficient (Wildman–Crippen LogP) is 14.7. The number of oxazole rings is 3. The van der Waals surface area contributed by atoms with E-state index >= 15 is 0 Å². The second kappa shape index (κ2) is 32.2. The van der Waals surface area contributed by atoms with E-state index in [0.717, 1.165) is 114 Å². The summed E-state index contributed by atoms with van der Waals surface area (Å²) in [7, 11) is 6.31. The smallest absolute Gasteiger partial charge is 0.251 e. The van der Waals surface area contributed by atoms with E-state index in [1.54, 1.807) is 70.7 Å². The van der Waals surface area contributed by atoms with Gasteiger partial charge in [-0.25, -0.2) is 15.0 Å². The first kappa shape index (κ1) is 74.8. The Balaban J connectivity index is 0.000000129. The van der Waals surface area contributed by atoms with Crippen LogP contribution in [0.5, 0.6) is 23.4 Å². The fourth-order valence-electron chi connectivity index (χ4n) is 13.9. The average Bonchev–Trinajstić information content (AvgIpc) is 1.60. The molecular formula is C82H79ClN18O13. The lowest BCUT2D eigenvalue weighted by Gasteiger charge is -2.23. The lowest BCUT2D eigenvalue weighted by Crippen LogP contribution is -2.26. The van der Waals surface area contributed by atoms with Crippen molar-refractivity contribution in [3.8, 4) is 56.8 Å². The molecule has 114 heavy (non-hydrogen) atoms. The first-order valence-electron chi connectivity index (χ1n) is 37.0. The van der Waals surface area contributed by atoms with Gasteiger partial charge in [0.05, 0.1) is 79.3 Å². The molecule has 9 N–H and O–H groups in total. The number of aromatic amines is 3. The van der Waals surface area contributed by atoms with E-state index in [-0.39, 0.29) is 36.0 Å². The highest BCUT2D eigenvalue weighted by atomic mass is 35.5. The number of nitrogens with one attached hydrogen (secondary N) is 9. The molecule has 6 aromatic carbocycles. The Hall–Kier alpha value is -13.2. The van der Waals surface area contributed by atoms with Crippen LogP contribution in [0.25, 0.3) is 99.8 Å². The number of anilines is 6. The Morgan fingerprint density at radius 2 is 0.868 bits per heavy atom. The molecule has 0 unspecified atom stereocenters. The summed E-state index contributed by atoms with van der Waals surface area (Å²) in [5.74, 6) is 4.12. The van der Waals surface area contributed by atoms with E-state index in [1.807, 2.05) is 114 Å². The summed E-state index contributed by atoms with van der Waals surface area (Å²) in [4.78, 5) is 87.5. The third-order valence-electron chi connectivity index (χ3n) is 19.7. The number of methoxy groups -OCH3 is 1. The Morgan fingerprint density at radius 3 is 1.37 bits per heavy atom. The highest BCUT2D eigenvalue weighted by Crippen LogP contribution is 2.43. The van der Waals surface area contributed by atoms with Crippen molar-refractivity contribution in [2.45, 2.75) is 78.6 Å². The first-order valence-corrected chi connectivity index (χ1v) is 37.4. The number of amides is 3. The number of rotatable bonds is 19. The molecule has 2 atom stereocenters. The van der Waals surface area contributed by atoms with Crippen molar-refractivity contribution < 1.29 is 60.8 Å². The summed E-state index contributed by atoms with van der Waals surface area (Å²) in [6, 6.07) is 31.3. The van der Waals surface area contributed by atoms with Crippen molar-refractivity contribution >= 4 is 131 Å². The van der Waals surface area contributed by atoms with Gasteiger partial charge in [0.2, 0.25) is 35.5 Å². The number of H-pyrrole nitrogens is 3. The van der Waals surface area contributed by atoms with Gasteiger partial charge in [-0.15, -0.1) is 0 Å². The zero-order valence-electron chi connectivity index (χ0n) is 63.6. The first-order chi connectivity index (χ1) is 55.4. The number of ether oxygens (including phenoxy) is 7. The maximum atomic E-state index is 12.1. The van der Waals surface area contributed by atoms with E-state index in [4.69, 9.17) is 82.9 Å². The summed E-state index contributed by atoms with van der Waals surface area (Å²) in [5, 5.41) is 20.2. The molecule has 0 saturated carbocycles. The van der Waals surface area contributed by atoms with Crippen LogP contribution in [0, 0.1) is 34.6 Å². The van der Waals surface area contributed by atoms with E-state index in [2.05, 4.69) is 66.8 Å². The van der Waals surface area contributed by atoms with Gasteiger partial charge in [0.25, 0.3) is 17.7 Å². The largest absolute Gasteiger partial charge is 0.495 e. The average molecular weight is 1560 g/mol. The van der Waals surface area contributed by atoms with E-state index in [1.165, 1.54) is 0 Å². The number of aromatic nitrogens is 12. The number of carbonyl (C=O) groups is 3. The molecule has 32 heteroatoms. The van der Waals surface area contributed by atoms with Crippen LogP contribution in [-0.4, -0.2) is 164 Å². The minimum Gasteiger partial charge on any atom is -0.495 e. The molecular weight excluding hydrogens is 1480 g/mol.